The molecule has 1 saturated carbocycles. The number of rotatable bonds is 4. The molecule has 0 radical (unpaired) electrons. The van der Waals surface area contributed by atoms with Gasteiger partial charge in [-0.05, 0) is 43.0 Å². The molecule has 2 fully saturated rings. The van der Waals surface area contributed by atoms with Crippen LogP contribution in [0.4, 0.5) is 17.2 Å². The van der Waals surface area contributed by atoms with Gasteiger partial charge in [0.1, 0.15) is 0 Å². The van der Waals surface area contributed by atoms with Crippen molar-refractivity contribution in [3.8, 4) is 0 Å². The third-order valence-electron chi connectivity index (χ3n) is 6.95. The molecule has 1 saturated heterocycles. The minimum Gasteiger partial charge on any atom is -0.319 e. The number of benzene rings is 1. The summed E-state index contributed by atoms with van der Waals surface area (Å²) in [5.41, 5.74) is 1.62. The molecular formula is C25H31N5O2. The van der Waals surface area contributed by atoms with Crippen molar-refractivity contribution < 1.29 is 9.59 Å². The topological polar surface area (TPSA) is 68.8 Å². The van der Waals surface area contributed by atoms with Crippen molar-refractivity contribution in [3.63, 3.8) is 0 Å². The summed E-state index contributed by atoms with van der Waals surface area (Å²) in [7, 11) is 0. The minimum atomic E-state index is -0.221. The molecular weight excluding hydrogens is 402 g/mol. The van der Waals surface area contributed by atoms with Gasteiger partial charge in [-0.1, -0.05) is 31.4 Å². The number of pyridine rings is 1. The summed E-state index contributed by atoms with van der Waals surface area (Å²) >= 11 is 0. The molecule has 7 nitrogen and oxygen atoms in total. The molecule has 0 bridgehead atoms. The van der Waals surface area contributed by atoms with Crippen LogP contribution in [-0.2, 0) is 4.79 Å². The first-order valence-electron chi connectivity index (χ1n) is 11.8. The van der Waals surface area contributed by atoms with E-state index in [2.05, 4.69) is 20.1 Å². The standard InChI is InChI=1S/C25H31N5O2/c31-23(18-29-15-13-28(14-16-29)17-19-7-2-1-3-8-19)30-22-11-5-4-9-20(22)25(32)27-21-10-6-12-26-24(21)30/h4-6,9-12,19H,1-3,7-8,13-18H2,(H,27,32). The van der Waals surface area contributed by atoms with E-state index in [4.69, 9.17) is 0 Å². The van der Waals surface area contributed by atoms with Crippen LogP contribution in [0, 0.1) is 5.92 Å². The predicted molar refractivity (Wildman–Crippen MR) is 125 cm³/mol. The summed E-state index contributed by atoms with van der Waals surface area (Å²) < 4.78 is 0. The first kappa shape index (κ1) is 21.1. The Morgan fingerprint density at radius 1 is 0.969 bits per heavy atom. The van der Waals surface area contributed by atoms with E-state index >= 15 is 0 Å². The molecule has 168 valence electrons. The normalized spacial score (nSPS) is 20.2. The summed E-state index contributed by atoms with van der Waals surface area (Å²) in [6.07, 6.45) is 8.54. The number of aromatic nitrogens is 1. The molecule has 5 rings (SSSR count). The third kappa shape index (κ3) is 4.40. The second-order valence-corrected chi connectivity index (χ2v) is 9.16. The monoisotopic (exact) mass is 433 g/mol. The smallest absolute Gasteiger partial charge is 0.257 e. The van der Waals surface area contributed by atoms with Gasteiger partial charge < -0.3 is 10.2 Å². The molecule has 1 aliphatic carbocycles. The molecule has 0 spiro atoms. The zero-order valence-electron chi connectivity index (χ0n) is 18.5. The van der Waals surface area contributed by atoms with E-state index in [1.54, 1.807) is 29.3 Å². The zero-order valence-corrected chi connectivity index (χ0v) is 18.5. The van der Waals surface area contributed by atoms with E-state index in [0.717, 1.165) is 32.1 Å². The molecule has 1 N–H and O–H groups in total. The number of piperazine rings is 1. The fourth-order valence-corrected chi connectivity index (χ4v) is 5.22. The van der Waals surface area contributed by atoms with Crippen LogP contribution in [0.2, 0.25) is 0 Å². The quantitative estimate of drug-likeness (QED) is 0.799. The van der Waals surface area contributed by atoms with Gasteiger partial charge in [0.15, 0.2) is 5.82 Å². The maximum Gasteiger partial charge on any atom is 0.257 e. The lowest BCUT2D eigenvalue weighted by Crippen LogP contribution is -2.50. The van der Waals surface area contributed by atoms with Crippen LogP contribution in [0.5, 0.6) is 0 Å². The maximum absolute atomic E-state index is 13.5. The average molecular weight is 434 g/mol. The molecule has 1 aromatic heterocycles. The number of amides is 2. The lowest BCUT2D eigenvalue weighted by molar-refractivity contribution is -0.119. The summed E-state index contributed by atoms with van der Waals surface area (Å²) in [6, 6.07) is 10.8. The first-order chi connectivity index (χ1) is 15.7. The molecule has 3 heterocycles. The van der Waals surface area contributed by atoms with Crippen molar-refractivity contribution in [2.45, 2.75) is 32.1 Å². The number of fused-ring (bicyclic) bond motifs is 2. The molecule has 7 heteroatoms. The Balaban J connectivity index is 1.29. The van der Waals surface area contributed by atoms with Crippen molar-refractivity contribution >= 4 is 29.0 Å². The van der Waals surface area contributed by atoms with Crippen LogP contribution in [0.1, 0.15) is 42.5 Å². The molecule has 3 aliphatic rings. The highest BCUT2D eigenvalue weighted by molar-refractivity contribution is 6.17. The number of nitrogens with one attached hydrogen (secondary N) is 1. The Bertz CT molecular complexity index is 980. The fourth-order valence-electron chi connectivity index (χ4n) is 5.22. The Hall–Kier alpha value is -2.77. The second kappa shape index (κ2) is 9.38. The van der Waals surface area contributed by atoms with E-state index in [9.17, 15) is 9.59 Å². The summed E-state index contributed by atoms with van der Waals surface area (Å²) in [4.78, 5) is 37.1. The van der Waals surface area contributed by atoms with Gasteiger partial charge in [0.25, 0.3) is 5.91 Å². The van der Waals surface area contributed by atoms with Gasteiger partial charge in [-0.3, -0.25) is 19.4 Å². The van der Waals surface area contributed by atoms with E-state index in [1.807, 2.05) is 18.2 Å². The van der Waals surface area contributed by atoms with Crippen molar-refractivity contribution in [2.24, 2.45) is 5.92 Å². The summed E-state index contributed by atoms with van der Waals surface area (Å²) in [5.74, 6) is 1.04. The average Bonchev–Trinajstić information content (AvgIpc) is 2.95. The van der Waals surface area contributed by atoms with Crippen LogP contribution < -0.4 is 10.2 Å². The van der Waals surface area contributed by atoms with E-state index in [1.165, 1.54) is 38.6 Å². The zero-order chi connectivity index (χ0) is 21.9. The Morgan fingerprint density at radius 2 is 1.72 bits per heavy atom. The van der Waals surface area contributed by atoms with Crippen molar-refractivity contribution in [1.29, 1.82) is 0 Å². The van der Waals surface area contributed by atoms with Crippen LogP contribution in [0.25, 0.3) is 0 Å². The summed E-state index contributed by atoms with van der Waals surface area (Å²) in [5, 5.41) is 2.90. The van der Waals surface area contributed by atoms with Crippen molar-refractivity contribution in [1.82, 2.24) is 14.8 Å². The lowest BCUT2D eigenvalue weighted by Gasteiger charge is -2.37. The van der Waals surface area contributed by atoms with Gasteiger partial charge in [0, 0.05) is 38.9 Å². The third-order valence-corrected chi connectivity index (χ3v) is 6.95. The molecule has 0 atom stereocenters. The first-order valence-corrected chi connectivity index (χ1v) is 11.8. The van der Waals surface area contributed by atoms with Crippen molar-refractivity contribution in [3.05, 3.63) is 48.2 Å². The van der Waals surface area contributed by atoms with Crippen LogP contribution in [0.3, 0.4) is 0 Å². The lowest BCUT2D eigenvalue weighted by atomic mass is 9.89. The molecule has 2 amide bonds. The fraction of sp³-hybridized carbons (Fsp3) is 0.480. The highest BCUT2D eigenvalue weighted by Gasteiger charge is 2.31. The van der Waals surface area contributed by atoms with Crippen molar-refractivity contribution in [2.75, 3.05) is 49.5 Å². The van der Waals surface area contributed by atoms with Gasteiger partial charge in [-0.15, -0.1) is 0 Å². The van der Waals surface area contributed by atoms with E-state index < -0.39 is 0 Å². The SMILES string of the molecule is O=C1Nc2cccnc2N(C(=O)CN2CCN(CC3CCCCC3)CC2)c2ccccc21. The van der Waals surface area contributed by atoms with Crippen LogP contribution in [0.15, 0.2) is 42.6 Å². The van der Waals surface area contributed by atoms with Crippen LogP contribution in [-0.4, -0.2) is 65.9 Å². The number of nitrogens with zero attached hydrogens (tertiary/aromatic N) is 4. The number of hydrogen-bond donors (Lipinski definition) is 1. The molecule has 0 unspecified atom stereocenters. The molecule has 2 aromatic rings. The van der Waals surface area contributed by atoms with E-state index in [0.29, 0.717) is 29.3 Å². The number of carbonyl (C=O) groups excluding carboxylic acids is 2. The largest absolute Gasteiger partial charge is 0.319 e. The van der Waals surface area contributed by atoms with Gasteiger partial charge in [-0.25, -0.2) is 4.98 Å². The number of carbonyl (C=O) groups is 2. The number of hydrogen-bond acceptors (Lipinski definition) is 5. The Morgan fingerprint density at radius 3 is 2.53 bits per heavy atom. The molecule has 1 aromatic carbocycles. The molecule has 2 aliphatic heterocycles. The second-order valence-electron chi connectivity index (χ2n) is 9.16. The Labute approximate surface area is 189 Å². The van der Waals surface area contributed by atoms with Gasteiger partial charge in [0.05, 0.1) is 23.5 Å². The predicted octanol–water partition coefficient (Wildman–Crippen LogP) is 3.51. The molecule has 32 heavy (non-hydrogen) atoms. The summed E-state index contributed by atoms with van der Waals surface area (Å²) in [6.45, 7) is 5.31. The van der Waals surface area contributed by atoms with Gasteiger partial charge in [0.2, 0.25) is 5.91 Å². The highest BCUT2D eigenvalue weighted by atomic mass is 16.2. The van der Waals surface area contributed by atoms with Crippen LogP contribution >= 0.6 is 0 Å². The maximum atomic E-state index is 13.5. The number of anilines is 3. The van der Waals surface area contributed by atoms with Gasteiger partial charge >= 0.3 is 0 Å². The Kier molecular flexibility index (Phi) is 6.19. The number of para-hydroxylation sites is 1. The van der Waals surface area contributed by atoms with E-state index in [-0.39, 0.29) is 11.8 Å². The van der Waals surface area contributed by atoms with Gasteiger partial charge in [-0.2, -0.15) is 0 Å². The minimum absolute atomic E-state index is 0.0605. The highest BCUT2D eigenvalue weighted by Crippen LogP contribution is 2.36.